The van der Waals surface area contributed by atoms with Crippen LogP contribution < -0.4 is 5.32 Å². The van der Waals surface area contributed by atoms with Crippen LogP contribution in [0.4, 0.5) is 0 Å². The first kappa shape index (κ1) is 16.2. The zero-order valence-corrected chi connectivity index (χ0v) is 12.5. The van der Waals surface area contributed by atoms with E-state index in [1.807, 2.05) is 0 Å². The minimum Gasteiger partial charge on any atom is -0.462 e. The molecule has 0 radical (unpaired) electrons. The first-order chi connectivity index (χ1) is 9.47. The summed E-state index contributed by atoms with van der Waals surface area (Å²) in [6, 6.07) is 0. The molecular formula is C13H22N4O3. The molecule has 0 bridgehead atoms. The van der Waals surface area contributed by atoms with Crippen molar-refractivity contribution in [1.82, 2.24) is 20.0 Å². The maximum Gasteiger partial charge on any atom is 0.341 e. The summed E-state index contributed by atoms with van der Waals surface area (Å²) in [5.74, 6) is -0.310. The molecule has 0 aliphatic carbocycles. The van der Waals surface area contributed by atoms with Crippen LogP contribution in [0.2, 0.25) is 0 Å². The van der Waals surface area contributed by atoms with Crippen LogP contribution in [0.15, 0.2) is 6.20 Å². The molecule has 1 aromatic rings. The molecule has 0 aliphatic rings. The Hall–Kier alpha value is -1.89. The van der Waals surface area contributed by atoms with Crippen LogP contribution in [0, 0.1) is 0 Å². The summed E-state index contributed by atoms with van der Waals surface area (Å²) in [7, 11) is 5.22. The van der Waals surface area contributed by atoms with Crippen LogP contribution in [0.3, 0.4) is 0 Å². The zero-order valence-electron chi connectivity index (χ0n) is 12.5. The van der Waals surface area contributed by atoms with Gasteiger partial charge in [-0.2, -0.15) is 5.10 Å². The van der Waals surface area contributed by atoms with Gasteiger partial charge in [0.15, 0.2) is 0 Å². The van der Waals surface area contributed by atoms with Crippen LogP contribution in [0.25, 0.3) is 0 Å². The van der Waals surface area contributed by atoms with Crippen molar-refractivity contribution in [3.05, 3.63) is 17.5 Å². The molecule has 0 spiro atoms. The number of esters is 1. The normalized spacial score (nSPS) is 10.4. The maximum absolute atomic E-state index is 11.7. The van der Waals surface area contributed by atoms with Crippen molar-refractivity contribution in [2.75, 3.05) is 27.2 Å². The first-order valence-electron chi connectivity index (χ1n) is 6.56. The monoisotopic (exact) mass is 282 g/mol. The van der Waals surface area contributed by atoms with Gasteiger partial charge in [0.1, 0.15) is 5.56 Å². The second-order valence-corrected chi connectivity index (χ2v) is 4.56. The number of carbonyl (C=O) groups excluding carboxylic acids is 2. The molecule has 1 N–H and O–H groups in total. The van der Waals surface area contributed by atoms with E-state index in [1.165, 1.54) is 6.20 Å². The van der Waals surface area contributed by atoms with Gasteiger partial charge in [0, 0.05) is 40.7 Å². The van der Waals surface area contributed by atoms with Crippen molar-refractivity contribution < 1.29 is 14.3 Å². The molecule has 0 atom stereocenters. The Morgan fingerprint density at radius 2 is 2.15 bits per heavy atom. The molecule has 1 rings (SSSR count). The van der Waals surface area contributed by atoms with Gasteiger partial charge in [-0.25, -0.2) is 4.79 Å². The number of aryl methyl sites for hydroxylation is 1. The number of ether oxygens (including phenoxy) is 1. The summed E-state index contributed by atoms with van der Waals surface area (Å²) in [6.45, 7) is 3.10. The Kier molecular flexibility index (Phi) is 6.17. The number of carbonyl (C=O) groups is 2. The quantitative estimate of drug-likeness (QED) is 0.569. The predicted octanol–water partition coefficient (Wildman–Crippen LogP) is 0.165. The number of nitrogens with one attached hydrogen (secondary N) is 1. The first-order valence-corrected chi connectivity index (χ1v) is 6.56. The van der Waals surface area contributed by atoms with Crippen LogP contribution in [0.5, 0.6) is 0 Å². The van der Waals surface area contributed by atoms with E-state index in [0.29, 0.717) is 31.7 Å². The number of hydrogen-bond acceptors (Lipinski definition) is 5. The third kappa shape index (κ3) is 4.34. The highest BCUT2D eigenvalue weighted by atomic mass is 16.5. The smallest absolute Gasteiger partial charge is 0.341 e. The second-order valence-electron chi connectivity index (χ2n) is 4.56. The molecule has 0 saturated heterocycles. The summed E-state index contributed by atoms with van der Waals surface area (Å²) in [6.07, 6.45) is 1.92. The number of amides is 1. The van der Waals surface area contributed by atoms with Gasteiger partial charge in [-0.15, -0.1) is 0 Å². The SMILES string of the molecule is CCOC(=O)c1cnn(C)c1CNCCC(=O)N(C)C. The molecule has 1 aromatic heterocycles. The average molecular weight is 282 g/mol. The molecule has 0 unspecified atom stereocenters. The van der Waals surface area contributed by atoms with Crippen molar-refractivity contribution in [3.8, 4) is 0 Å². The molecule has 0 saturated carbocycles. The Morgan fingerprint density at radius 1 is 1.45 bits per heavy atom. The average Bonchev–Trinajstić information content (AvgIpc) is 2.76. The molecule has 1 heterocycles. The minimum absolute atomic E-state index is 0.0631. The largest absolute Gasteiger partial charge is 0.462 e. The molecule has 20 heavy (non-hydrogen) atoms. The van der Waals surface area contributed by atoms with Crippen LogP contribution in [-0.4, -0.2) is 53.8 Å². The highest BCUT2D eigenvalue weighted by molar-refractivity contribution is 5.90. The van der Waals surface area contributed by atoms with E-state index >= 15 is 0 Å². The van der Waals surface area contributed by atoms with Gasteiger partial charge in [0.05, 0.1) is 18.5 Å². The van der Waals surface area contributed by atoms with Gasteiger partial charge < -0.3 is 15.0 Å². The number of hydrogen-bond donors (Lipinski definition) is 1. The van der Waals surface area contributed by atoms with E-state index in [4.69, 9.17) is 4.74 Å². The lowest BCUT2D eigenvalue weighted by atomic mass is 10.2. The highest BCUT2D eigenvalue weighted by Crippen LogP contribution is 2.09. The van der Waals surface area contributed by atoms with Gasteiger partial charge in [0.2, 0.25) is 5.91 Å². The van der Waals surface area contributed by atoms with Gasteiger partial charge >= 0.3 is 5.97 Å². The van der Waals surface area contributed by atoms with Crippen LogP contribution in [-0.2, 0) is 23.1 Å². The van der Waals surface area contributed by atoms with E-state index in [-0.39, 0.29) is 11.9 Å². The molecule has 7 heteroatoms. The Labute approximate surface area is 118 Å². The Bertz CT molecular complexity index is 468. The van der Waals surface area contributed by atoms with Crippen molar-refractivity contribution in [2.45, 2.75) is 19.9 Å². The Morgan fingerprint density at radius 3 is 2.75 bits per heavy atom. The lowest BCUT2D eigenvalue weighted by Gasteiger charge is -2.11. The topological polar surface area (TPSA) is 76.5 Å². The number of nitrogens with zero attached hydrogens (tertiary/aromatic N) is 3. The summed E-state index contributed by atoms with van der Waals surface area (Å²) in [5.41, 5.74) is 1.21. The molecule has 7 nitrogen and oxygen atoms in total. The fourth-order valence-electron chi connectivity index (χ4n) is 1.68. The number of rotatable bonds is 7. The second kappa shape index (κ2) is 7.64. The molecule has 0 aromatic carbocycles. The number of aromatic nitrogens is 2. The lowest BCUT2D eigenvalue weighted by Crippen LogP contribution is -2.27. The van der Waals surface area contributed by atoms with E-state index in [1.54, 1.807) is 37.6 Å². The van der Waals surface area contributed by atoms with Crippen molar-refractivity contribution in [1.29, 1.82) is 0 Å². The van der Waals surface area contributed by atoms with Crippen molar-refractivity contribution in [3.63, 3.8) is 0 Å². The van der Waals surface area contributed by atoms with Gasteiger partial charge in [0.25, 0.3) is 0 Å². The Balaban J connectivity index is 2.53. The maximum atomic E-state index is 11.7. The van der Waals surface area contributed by atoms with Gasteiger partial charge in [-0.3, -0.25) is 9.48 Å². The molecular weight excluding hydrogens is 260 g/mol. The van der Waals surface area contributed by atoms with E-state index < -0.39 is 0 Å². The minimum atomic E-state index is -0.373. The summed E-state index contributed by atoms with van der Waals surface area (Å²) >= 11 is 0. The van der Waals surface area contributed by atoms with Gasteiger partial charge in [-0.1, -0.05) is 0 Å². The molecule has 1 amide bonds. The van der Waals surface area contributed by atoms with E-state index in [2.05, 4.69) is 10.4 Å². The lowest BCUT2D eigenvalue weighted by molar-refractivity contribution is -0.128. The fraction of sp³-hybridized carbons (Fsp3) is 0.615. The van der Waals surface area contributed by atoms with Gasteiger partial charge in [-0.05, 0) is 6.92 Å². The van der Waals surface area contributed by atoms with Crippen molar-refractivity contribution in [2.24, 2.45) is 7.05 Å². The van der Waals surface area contributed by atoms with E-state index in [9.17, 15) is 9.59 Å². The molecule has 112 valence electrons. The van der Waals surface area contributed by atoms with Crippen molar-refractivity contribution >= 4 is 11.9 Å². The van der Waals surface area contributed by atoms with E-state index in [0.717, 1.165) is 5.69 Å². The molecule has 0 aliphatic heterocycles. The third-order valence-corrected chi connectivity index (χ3v) is 2.86. The molecule has 0 fully saturated rings. The predicted molar refractivity (Wildman–Crippen MR) is 74.2 cm³/mol. The summed E-state index contributed by atoms with van der Waals surface area (Å²) in [4.78, 5) is 24.7. The van der Waals surface area contributed by atoms with Crippen LogP contribution in [0.1, 0.15) is 29.4 Å². The zero-order chi connectivity index (χ0) is 15.1. The summed E-state index contributed by atoms with van der Waals surface area (Å²) < 4.78 is 6.61. The van der Waals surface area contributed by atoms with Crippen LogP contribution >= 0.6 is 0 Å². The highest BCUT2D eigenvalue weighted by Gasteiger charge is 2.16. The standard InChI is InChI=1S/C13H22N4O3/c1-5-20-13(19)10-8-15-17(4)11(10)9-14-7-6-12(18)16(2)3/h8,14H,5-7,9H2,1-4H3. The third-order valence-electron chi connectivity index (χ3n) is 2.86. The fourth-order valence-corrected chi connectivity index (χ4v) is 1.68. The summed E-state index contributed by atoms with van der Waals surface area (Å²) in [5, 5.41) is 7.20.